The molecular weight excluding hydrogens is 388 g/mol. The fraction of sp³-hybridized carbons (Fsp3) is 0.500. The molecule has 1 aromatic heterocycles. The Bertz CT molecular complexity index is 898. The van der Waals surface area contributed by atoms with Crippen LogP contribution in [0.1, 0.15) is 49.4 Å². The number of halogens is 1. The van der Waals surface area contributed by atoms with Gasteiger partial charge in [0.2, 0.25) is 5.91 Å². The van der Waals surface area contributed by atoms with E-state index in [0.29, 0.717) is 49.1 Å². The zero-order valence-corrected chi connectivity index (χ0v) is 18.4. The third kappa shape index (κ3) is 4.64. The summed E-state index contributed by atoms with van der Waals surface area (Å²) >= 11 is 6.20. The van der Waals surface area contributed by atoms with Crippen molar-refractivity contribution in [1.29, 1.82) is 0 Å². The van der Waals surface area contributed by atoms with Crippen LogP contribution in [0.2, 0.25) is 5.02 Å². The first kappa shape index (κ1) is 21.4. The van der Waals surface area contributed by atoms with E-state index in [4.69, 9.17) is 16.7 Å². The van der Waals surface area contributed by atoms with Crippen LogP contribution < -0.4 is 0 Å². The Hall–Kier alpha value is -2.34. The van der Waals surface area contributed by atoms with Gasteiger partial charge in [0, 0.05) is 38.1 Å². The maximum Gasteiger partial charge on any atom is 0.257 e. The van der Waals surface area contributed by atoms with E-state index in [1.807, 2.05) is 40.8 Å². The summed E-state index contributed by atoms with van der Waals surface area (Å²) in [6, 6.07) is 7.54. The van der Waals surface area contributed by atoms with Crippen molar-refractivity contribution in [3.8, 4) is 5.69 Å². The zero-order valence-electron chi connectivity index (χ0n) is 17.6. The quantitative estimate of drug-likeness (QED) is 0.748. The highest BCUT2D eigenvalue weighted by Crippen LogP contribution is 2.25. The first-order valence-electron chi connectivity index (χ1n) is 10.2. The number of amides is 2. The number of benzene rings is 1. The number of rotatable bonds is 5. The molecule has 0 bridgehead atoms. The van der Waals surface area contributed by atoms with Crippen LogP contribution in [-0.2, 0) is 17.6 Å². The maximum absolute atomic E-state index is 13.5. The lowest BCUT2D eigenvalue weighted by molar-refractivity contribution is -0.130. The van der Waals surface area contributed by atoms with Crippen molar-refractivity contribution in [3.05, 3.63) is 46.2 Å². The molecule has 1 aliphatic heterocycles. The summed E-state index contributed by atoms with van der Waals surface area (Å²) in [5.41, 5.74) is 3.30. The number of piperazine rings is 1. The molecule has 0 N–H and O–H groups in total. The van der Waals surface area contributed by atoms with Gasteiger partial charge in [-0.2, -0.15) is 5.10 Å². The Labute approximate surface area is 177 Å². The van der Waals surface area contributed by atoms with Crippen LogP contribution in [0.5, 0.6) is 0 Å². The number of hydrogen-bond acceptors (Lipinski definition) is 3. The second kappa shape index (κ2) is 8.99. The Morgan fingerprint density at radius 2 is 1.79 bits per heavy atom. The monoisotopic (exact) mass is 416 g/mol. The molecule has 2 heterocycles. The molecule has 2 amide bonds. The van der Waals surface area contributed by atoms with Crippen molar-refractivity contribution in [3.63, 3.8) is 0 Å². The van der Waals surface area contributed by atoms with Gasteiger partial charge in [0.25, 0.3) is 5.91 Å². The Morgan fingerprint density at radius 3 is 2.34 bits per heavy atom. The maximum atomic E-state index is 13.5. The highest BCUT2D eigenvalue weighted by Gasteiger charge is 2.30. The summed E-state index contributed by atoms with van der Waals surface area (Å²) in [4.78, 5) is 28.8. The molecule has 0 spiro atoms. The molecule has 6 nitrogen and oxygen atoms in total. The minimum absolute atomic E-state index is 0.00831. The van der Waals surface area contributed by atoms with Crippen molar-refractivity contribution in [2.24, 2.45) is 5.92 Å². The van der Waals surface area contributed by atoms with Crippen LogP contribution in [-0.4, -0.2) is 57.6 Å². The first-order chi connectivity index (χ1) is 13.8. The molecule has 29 heavy (non-hydrogen) atoms. The molecule has 1 aliphatic rings. The number of aromatic nitrogens is 2. The van der Waals surface area contributed by atoms with E-state index in [9.17, 15) is 9.59 Å². The van der Waals surface area contributed by atoms with Crippen LogP contribution >= 0.6 is 11.6 Å². The molecule has 0 aliphatic carbocycles. The summed E-state index contributed by atoms with van der Waals surface area (Å²) in [6.45, 7) is 10.1. The van der Waals surface area contributed by atoms with Crippen LogP contribution in [0.4, 0.5) is 0 Å². The fourth-order valence-electron chi connectivity index (χ4n) is 3.81. The van der Waals surface area contributed by atoms with Gasteiger partial charge in [0.1, 0.15) is 0 Å². The number of carbonyl (C=O) groups is 2. The van der Waals surface area contributed by atoms with Gasteiger partial charge >= 0.3 is 0 Å². The molecule has 0 radical (unpaired) electrons. The van der Waals surface area contributed by atoms with Crippen molar-refractivity contribution >= 4 is 23.4 Å². The van der Waals surface area contributed by atoms with Gasteiger partial charge in [0.05, 0.1) is 22.6 Å². The smallest absolute Gasteiger partial charge is 0.257 e. The van der Waals surface area contributed by atoms with Gasteiger partial charge in [-0.1, -0.05) is 38.4 Å². The molecule has 0 saturated carbocycles. The predicted molar refractivity (Wildman–Crippen MR) is 115 cm³/mol. The lowest BCUT2D eigenvalue weighted by atomic mass is 10.0. The molecule has 1 aromatic carbocycles. The SMILES string of the molecule is CCc1c(C(=O)N2CCN(C(C)=O)CC2)c(CC(C)C)nn1-c1cccc(Cl)c1. The average molecular weight is 417 g/mol. The van der Waals surface area contributed by atoms with Crippen LogP contribution in [0, 0.1) is 5.92 Å². The molecule has 7 heteroatoms. The fourth-order valence-corrected chi connectivity index (χ4v) is 4.00. The van der Waals surface area contributed by atoms with Crippen molar-refractivity contribution in [1.82, 2.24) is 19.6 Å². The minimum atomic E-state index is 0.00831. The van der Waals surface area contributed by atoms with Gasteiger partial charge in [-0.25, -0.2) is 4.68 Å². The first-order valence-corrected chi connectivity index (χ1v) is 10.6. The van der Waals surface area contributed by atoms with E-state index >= 15 is 0 Å². The largest absolute Gasteiger partial charge is 0.339 e. The molecule has 0 unspecified atom stereocenters. The summed E-state index contributed by atoms with van der Waals surface area (Å²) in [7, 11) is 0. The van der Waals surface area contributed by atoms with Crippen molar-refractivity contribution < 1.29 is 9.59 Å². The highest BCUT2D eigenvalue weighted by atomic mass is 35.5. The number of hydrogen-bond donors (Lipinski definition) is 0. The van der Waals surface area contributed by atoms with E-state index in [1.165, 1.54) is 0 Å². The normalized spacial score (nSPS) is 14.6. The van der Waals surface area contributed by atoms with E-state index in [2.05, 4.69) is 13.8 Å². The van der Waals surface area contributed by atoms with E-state index in [0.717, 1.165) is 23.5 Å². The Kier molecular flexibility index (Phi) is 6.63. The Morgan fingerprint density at radius 1 is 1.14 bits per heavy atom. The second-order valence-electron chi connectivity index (χ2n) is 7.91. The zero-order chi connectivity index (χ0) is 21.1. The lowest BCUT2D eigenvalue weighted by Crippen LogP contribution is -2.50. The molecule has 3 rings (SSSR count). The average Bonchev–Trinajstić information content (AvgIpc) is 3.05. The number of nitrogens with zero attached hydrogens (tertiary/aromatic N) is 4. The summed E-state index contributed by atoms with van der Waals surface area (Å²) < 4.78 is 1.86. The van der Waals surface area contributed by atoms with Gasteiger partial charge in [-0.05, 0) is 37.0 Å². The molecular formula is C22H29ClN4O2. The van der Waals surface area contributed by atoms with E-state index in [1.54, 1.807) is 11.8 Å². The Balaban J connectivity index is 2.00. The second-order valence-corrected chi connectivity index (χ2v) is 8.35. The van der Waals surface area contributed by atoms with Crippen molar-refractivity contribution in [2.45, 2.75) is 40.5 Å². The van der Waals surface area contributed by atoms with Gasteiger partial charge in [0.15, 0.2) is 0 Å². The molecule has 2 aromatic rings. The minimum Gasteiger partial charge on any atom is -0.339 e. The van der Waals surface area contributed by atoms with E-state index in [-0.39, 0.29) is 11.8 Å². The van der Waals surface area contributed by atoms with Crippen molar-refractivity contribution in [2.75, 3.05) is 26.2 Å². The van der Waals surface area contributed by atoms with Crippen LogP contribution in [0.15, 0.2) is 24.3 Å². The van der Waals surface area contributed by atoms with E-state index < -0.39 is 0 Å². The number of carbonyl (C=O) groups excluding carboxylic acids is 2. The molecule has 1 fully saturated rings. The molecule has 0 atom stereocenters. The molecule has 1 saturated heterocycles. The van der Waals surface area contributed by atoms with Gasteiger partial charge in [-0.3, -0.25) is 9.59 Å². The van der Waals surface area contributed by atoms with Crippen LogP contribution in [0.25, 0.3) is 5.69 Å². The van der Waals surface area contributed by atoms with Crippen LogP contribution in [0.3, 0.4) is 0 Å². The summed E-state index contributed by atoms with van der Waals surface area (Å²) in [5, 5.41) is 5.48. The lowest BCUT2D eigenvalue weighted by Gasteiger charge is -2.34. The highest BCUT2D eigenvalue weighted by molar-refractivity contribution is 6.30. The standard InChI is InChI=1S/C22H29ClN4O2/c1-5-20-21(22(29)26-11-9-25(10-12-26)16(4)28)19(13-15(2)3)24-27(20)18-8-6-7-17(23)14-18/h6-8,14-15H,5,9-13H2,1-4H3. The summed E-state index contributed by atoms with van der Waals surface area (Å²) in [5.74, 6) is 0.443. The van der Waals surface area contributed by atoms with Gasteiger partial charge in [-0.15, -0.1) is 0 Å². The summed E-state index contributed by atoms with van der Waals surface area (Å²) in [6.07, 6.45) is 1.42. The topological polar surface area (TPSA) is 58.4 Å². The predicted octanol–water partition coefficient (Wildman–Crippen LogP) is 3.59. The third-order valence-electron chi connectivity index (χ3n) is 5.27. The van der Waals surface area contributed by atoms with Gasteiger partial charge < -0.3 is 9.80 Å². The third-order valence-corrected chi connectivity index (χ3v) is 5.50. The molecule has 156 valence electrons.